The third-order valence-electron chi connectivity index (χ3n) is 4.40. The molecule has 0 unspecified atom stereocenters. The van der Waals surface area contributed by atoms with Crippen molar-refractivity contribution >= 4 is 17.3 Å². The van der Waals surface area contributed by atoms with Crippen LogP contribution in [0.4, 0.5) is 11.4 Å². The Bertz CT molecular complexity index is 868. The number of ether oxygens (including phenoxy) is 1. The number of rotatable bonds is 5. The third-order valence-corrected chi connectivity index (χ3v) is 4.40. The quantitative estimate of drug-likeness (QED) is 0.594. The van der Waals surface area contributed by atoms with E-state index in [1.165, 1.54) is 6.07 Å². The molecule has 0 aliphatic carbocycles. The van der Waals surface area contributed by atoms with E-state index in [0.717, 1.165) is 0 Å². The molecule has 1 heterocycles. The lowest BCUT2D eigenvalue weighted by molar-refractivity contribution is -0.384. The summed E-state index contributed by atoms with van der Waals surface area (Å²) in [6.07, 6.45) is 0. The Morgan fingerprint density at radius 2 is 1.78 bits per heavy atom. The predicted octanol–water partition coefficient (Wildman–Crippen LogP) is 2.19. The zero-order valence-corrected chi connectivity index (χ0v) is 14.6. The van der Waals surface area contributed by atoms with Gasteiger partial charge in [-0.25, -0.2) is 0 Å². The number of para-hydroxylation sites is 2. The van der Waals surface area contributed by atoms with Crippen LogP contribution in [0.2, 0.25) is 0 Å². The minimum Gasteiger partial charge on any atom is -0.484 e. The topological polar surface area (TPSA) is 99.7 Å². The van der Waals surface area contributed by atoms with E-state index < -0.39 is 4.92 Å². The molecule has 138 valence electrons. The van der Waals surface area contributed by atoms with E-state index in [-0.39, 0.29) is 18.2 Å². The van der Waals surface area contributed by atoms with Crippen molar-refractivity contribution in [1.82, 2.24) is 4.90 Å². The van der Waals surface area contributed by atoms with Gasteiger partial charge in [0.1, 0.15) is 11.4 Å². The van der Waals surface area contributed by atoms with Crippen LogP contribution in [0.1, 0.15) is 5.56 Å². The van der Waals surface area contributed by atoms with Gasteiger partial charge < -0.3 is 14.5 Å². The van der Waals surface area contributed by atoms with Crippen LogP contribution < -0.4 is 9.64 Å². The normalized spacial score (nSPS) is 13.7. The largest absolute Gasteiger partial charge is 0.484 e. The smallest absolute Gasteiger partial charge is 0.292 e. The van der Waals surface area contributed by atoms with Crippen molar-refractivity contribution in [2.45, 2.75) is 0 Å². The first-order chi connectivity index (χ1) is 13.1. The van der Waals surface area contributed by atoms with Gasteiger partial charge in [-0.05, 0) is 30.3 Å². The van der Waals surface area contributed by atoms with Gasteiger partial charge in [0.2, 0.25) is 0 Å². The van der Waals surface area contributed by atoms with Crippen LogP contribution in [-0.2, 0) is 4.79 Å². The molecule has 1 saturated heterocycles. The maximum atomic E-state index is 12.3. The number of anilines is 1. The van der Waals surface area contributed by atoms with Crippen molar-refractivity contribution in [3.05, 3.63) is 64.2 Å². The number of hydrogen-bond donors (Lipinski definition) is 0. The summed E-state index contributed by atoms with van der Waals surface area (Å²) in [4.78, 5) is 26.7. The first-order valence-corrected chi connectivity index (χ1v) is 8.47. The molecule has 0 N–H and O–H groups in total. The molecule has 1 aliphatic rings. The molecule has 1 fully saturated rings. The molecule has 0 aromatic heterocycles. The molecule has 0 atom stereocenters. The number of piperazine rings is 1. The Morgan fingerprint density at radius 3 is 2.41 bits per heavy atom. The van der Waals surface area contributed by atoms with Crippen LogP contribution in [-0.4, -0.2) is 48.5 Å². The highest BCUT2D eigenvalue weighted by atomic mass is 16.6. The summed E-state index contributed by atoms with van der Waals surface area (Å²) in [6.45, 7) is 1.90. The second-order valence-electron chi connectivity index (χ2n) is 6.04. The molecule has 2 aromatic carbocycles. The molecule has 0 spiro atoms. The molecule has 0 saturated carbocycles. The monoisotopic (exact) mass is 366 g/mol. The van der Waals surface area contributed by atoms with Crippen LogP contribution in [0.3, 0.4) is 0 Å². The van der Waals surface area contributed by atoms with E-state index >= 15 is 0 Å². The molecule has 2 aromatic rings. The highest BCUT2D eigenvalue weighted by Crippen LogP contribution is 2.28. The first-order valence-electron chi connectivity index (χ1n) is 8.47. The lowest BCUT2D eigenvalue weighted by Gasteiger charge is -2.35. The molecule has 1 amide bonds. The van der Waals surface area contributed by atoms with Crippen molar-refractivity contribution in [3.8, 4) is 11.8 Å². The zero-order valence-electron chi connectivity index (χ0n) is 14.6. The highest BCUT2D eigenvalue weighted by molar-refractivity contribution is 5.78. The fourth-order valence-corrected chi connectivity index (χ4v) is 2.94. The molecule has 8 heteroatoms. The summed E-state index contributed by atoms with van der Waals surface area (Å²) in [7, 11) is 0. The van der Waals surface area contributed by atoms with E-state index in [9.17, 15) is 14.9 Å². The van der Waals surface area contributed by atoms with Gasteiger partial charge >= 0.3 is 0 Å². The molecule has 0 bridgehead atoms. The summed E-state index contributed by atoms with van der Waals surface area (Å²) in [6, 6.07) is 15.2. The van der Waals surface area contributed by atoms with Crippen molar-refractivity contribution in [1.29, 1.82) is 5.26 Å². The van der Waals surface area contributed by atoms with Crippen molar-refractivity contribution in [2.75, 3.05) is 37.7 Å². The van der Waals surface area contributed by atoms with Gasteiger partial charge in [-0.3, -0.25) is 14.9 Å². The average molecular weight is 366 g/mol. The number of nitro benzene ring substituents is 1. The molecule has 0 radical (unpaired) electrons. The third kappa shape index (κ3) is 4.33. The fraction of sp³-hybridized carbons (Fsp3) is 0.263. The number of carbonyl (C=O) groups excluding carboxylic acids is 1. The first kappa shape index (κ1) is 18.2. The van der Waals surface area contributed by atoms with Gasteiger partial charge in [-0.2, -0.15) is 5.26 Å². The Hall–Kier alpha value is -3.60. The van der Waals surface area contributed by atoms with Crippen LogP contribution in [0.25, 0.3) is 0 Å². The van der Waals surface area contributed by atoms with E-state index in [0.29, 0.717) is 43.2 Å². The maximum absolute atomic E-state index is 12.3. The summed E-state index contributed by atoms with van der Waals surface area (Å²) < 4.78 is 5.48. The lowest BCUT2D eigenvalue weighted by Crippen LogP contribution is -2.50. The van der Waals surface area contributed by atoms with Crippen molar-refractivity contribution in [2.24, 2.45) is 0 Å². The van der Waals surface area contributed by atoms with E-state index in [4.69, 9.17) is 10.00 Å². The summed E-state index contributed by atoms with van der Waals surface area (Å²) in [5, 5.41) is 20.0. The Morgan fingerprint density at radius 1 is 1.11 bits per heavy atom. The van der Waals surface area contributed by atoms with Gasteiger partial charge in [0.15, 0.2) is 6.61 Å². The van der Waals surface area contributed by atoms with Crippen molar-refractivity contribution in [3.63, 3.8) is 0 Å². The maximum Gasteiger partial charge on any atom is 0.292 e. The molecule has 3 rings (SSSR count). The summed E-state index contributed by atoms with van der Waals surface area (Å²) in [5.74, 6) is 0.391. The molecular formula is C19H18N4O4. The predicted molar refractivity (Wildman–Crippen MR) is 98.5 cm³/mol. The minimum atomic E-state index is -0.391. The number of nitriles is 1. The fourth-order valence-electron chi connectivity index (χ4n) is 2.94. The van der Waals surface area contributed by atoms with Gasteiger partial charge in [-0.15, -0.1) is 0 Å². The second kappa shape index (κ2) is 8.19. The van der Waals surface area contributed by atoms with E-state index in [2.05, 4.69) is 0 Å². The Balaban J connectivity index is 1.53. The van der Waals surface area contributed by atoms with Gasteiger partial charge in [0.25, 0.3) is 11.6 Å². The minimum absolute atomic E-state index is 0.0708. The second-order valence-corrected chi connectivity index (χ2v) is 6.04. The SMILES string of the molecule is N#Cc1ccc(OCC(=O)N2CCN(c3ccccc3[N+](=O)[O-])CC2)cc1. The van der Waals surface area contributed by atoms with E-state index in [1.54, 1.807) is 47.4 Å². The molecule has 1 aliphatic heterocycles. The van der Waals surface area contributed by atoms with Crippen LogP contribution in [0.5, 0.6) is 5.75 Å². The van der Waals surface area contributed by atoms with E-state index in [1.807, 2.05) is 11.0 Å². The standard InChI is InChI=1S/C19H18N4O4/c20-13-15-5-7-16(8-6-15)27-14-19(24)22-11-9-21(10-12-22)17-3-1-2-4-18(17)23(25)26/h1-8H,9-12,14H2. The number of hydrogen-bond acceptors (Lipinski definition) is 6. The summed E-state index contributed by atoms with van der Waals surface area (Å²) in [5.41, 5.74) is 1.17. The Kier molecular flexibility index (Phi) is 5.52. The van der Waals surface area contributed by atoms with Crippen LogP contribution in [0, 0.1) is 21.4 Å². The van der Waals surface area contributed by atoms with Crippen molar-refractivity contribution < 1.29 is 14.5 Å². The Labute approximate surface area is 156 Å². The van der Waals surface area contributed by atoms with Crippen LogP contribution in [0.15, 0.2) is 48.5 Å². The molecule has 8 nitrogen and oxygen atoms in total. The number of amides is 1. The van der Waals surface area contributed by atoms with Gasteiger partial charge in [-0.1, -0.05) is 12.1 Å². The average Bonchev–Trinajstić information content (AvgIpc) is 2.72. The zero-order chi connectivity index (χ0) is 19.2. The van der Waals surface area contributed by atoms with Crippen LogP contribution >= 0.6 is 0 Å². The molecular weight excluding hydrogens is 348 g/mol. The number of benzene rings is 2. The molecule has 27 heavy (non-hydrogen) atoms. The highest BCUT2D eigenvalue weighted by Gasteiger charge is 2.25. The number of nitrogens with zero attached hydrogens (tertiary/aromatic N) is 4. The summed E-state index contributed by atoms with van der Waals surface area (Å²) >= 11 is 0. The number of carbonyl (C=O) groups is 1. The van der Waals surface area contributed by atoms with Gasteiger partial charge in [0.05, 0.1) is 16.6 Å². The van der Waals surface area contributed by atoms with Gasteiger partial charge in [0, 0.05) is 32.2 Å². The number of nitro groups is 1. The lowest BCUT2D eigenvalue weighted by atomic mass is 10.2.